The molecule has 0 spiro atoms. The van der Waals surface area contributed by atoms with Crippen LogP contribution in [0.1, 0.15) is 6.42 Å². The Hall–Kier alpha value is 1.88. The normalized spacial score (nSPS) is 19.5. The molecule has 0 aromatic heterocycles. The molecule has 0 aliphatic carbocycles. The van der Waals surface area contributed by atoms with Gasteiger partial charge in [-0.1, -0.05) is 0 Å². The second-order valence-electron chi connectivity index (χ2n) is 4.28. The average molecular weight is 520 g/mol. The number of hydrogen-bond acceptors (Lipinski definition) is 6. The fraction of sp³-hybridized carbons (Fsp3) is 0.467. The maximum absolute atomic E-state index is 3.96. The van der Waals surface area contributed by atoms with E-state index in [0.717, 1.165) is 27.6 Å². The molecule has 1 aliphatic heterocycles. The standard InChI is InChI=1S/C3H6S2.4C3H6S.Sb/c4-3-1-2-5-3;4*1-2-3-4;/h3-4H,1-2H2;4*2,4H,1,3H2;/q;;;;;+5/p-5. The molecule has 1 rings (SSSR count). The Bertz CT molecular complexity index is 334. The average Bonchev–Trinajstić information content (AvgIpc) is 2.51. The zero-order valence-corrected chi connectivity index (χ0v) is 20.3. The summed E-state index contributed by atoms with van der Waals surface area (Å²) in [7, 11) is 7.94. The predicted molar refractivity (Wildman–Crippen MR) is 125 cm³/mol. The molecule has 1 aliphatic rings. The summed E-state index contributed by atoms with van der Waals surface area (Å²) in [5, 5.41) is 0. The van der Waals surface area contributed by atoms with Crippen molar-refractivity contribution in [3.63, 3.8) is 0 Å². The van der Waals surface area contributed by atoms with Gasteiger partial charge in [0.15, 0.2) is 0 Å². The molecule has 7 heteroatoms. The second-order valence-corrected chi connectivity index (χ2v) is 63.9. The van der Waals surface area contributed by atoms with Crippen LogP contribution in [0.4, 0.5) is 0 Å². The van der Waals surface area contributed by atoms with Crippen molar-refractivity contribution in [1.82, 2.24) is 0 Å². The Kier molecular flexibility index (Phi) is 11.4. The Morgan fingerprint density at radius 3 is 1.41 bits per heavy atom. The first-order valence-electron chi connectivity index (χ1n) is 7.00. The van der Waals surface area contributed by atoms with Crippen LogP contribution in [0.2, 0.25) is 0 Å². The molecule has 0 aromatic rings. The van der Waals surface area contributed by atoms with Gasteiger partial charge >= 0.3 is 157 Å². The molecule has 1 saturated heterocycles. The molecule has 1 fully saturated rings. The van der Waals surface area contributed by atoms with Crippen molar-refractivity contribution in [1.29, 1.82) is 0 Å². The molecular weight excluding hydrogens is 494 g/mol. The Labute approximate surface area is 155 Å². The van der Waals surface area contributed by atoms with Gasteiger partial charge in [-0.15, -0.1) is 0 Å². The SMILES string of the molecule is C=CC[S][Sb]([S]CC=C)([S]CC=C)([S]CC=C)[S]C1CCS1. The van der Waals surface area contributed by atoms with E-state index in [9.17, 15) is 0 Å². The third-order valence-electron chi connectivity index (χ3n) is 2.56. The van der Waals surface area contributed by atoms with Gasteiger partial charge < -0.3 is 0 Å². The number of thioether (sulfide) groups is 1. The van der Waals surface area contributed by atoms with Crippen molar-refractivity contribution in [2.45, 2.75) is 11.0 Å². The van der Waals surface area contributed by atoms with Crippen LogP contribution in [-0.4, -0.2) is 43.7 Å². The van der Waals surface area contributed by atoms with Crippen molar-refractivity contribution < 1.29 is 0 Å². The fourth-order valence-corrected chi connectivity index (χ4v) is 78.7. The summed E-state index contributed by atoms with van der Waals surface area (Å²) in [6.45, 7) is 15.8. The topological polar surface area (TPSA) is 0 Å². The summed E-state index contributed by atoms with van der Waals surface area (Å²) in [6, 6.07) is 0. The summed E-state index contributed by atoms with van der Waals surface area (Å²) in [5.74, 6) is 5.45. The van der Waals surface area contributed by atoms with E-state index in [4.69, 9.17) is 0 Å². The van der Waals surface area contributed by atoms with Crippen LogP contribution in [0.5, 0.6) is 0 Å². The molecule has 0 bridgehead atoms. The summed E-state index contributed by atoms with van der Waals surface area (Å²) in [6.07, 6.45) is 9.58. The first kappa shape index (κ1) is 21.9. The molecule has 0 N–H and O–H groups in total. The monoisotopic (exact) mass is 518 g/mol. The van der Waals surface area contributed by atoms with Crippen LogP contribution < -0.4 is 0 Å². The second kappa shape index (κ2) is 11.5. The Morgan fingerprint density at radius 1 is 0.818 bits per heavy atom. The molecule has 1 unspecified atom stereocenters. The molecule has 1 heterocycles. The van der Waals surface area contributed by atoms with Crippen LogP contribution in [0.15, 0.2) is 50.6 Å². The van der Waals surface area contributed by atoms with Crippen LogP contribution in [-0.2, 0) is 0 Å². The van der Waals surface area contributed by atoms with Gasteiger partial charge in [-0.05, 0) is 0 Å². The maximum atomic E-state index is 3.96. The molecule has 126 valence electrons. The molecule has 0 nitrogen and oxygen atoms in total. The van der Waals surface area contributed by atoms with Gasteiger partial charge in [0.2, 0.25) is 0 Å². The van der Waals surface area contributed by atoms with Gasteiger partial charge in [-0.2, -0.15) is 0 Å². The van der Waals surface area contributed by atoms with Gasteiger partial charge in [-0.3, -0.25) is 0 Å². The summed E-state index contributed by atoms with van der Waals surface area (Å²) < 4.78 is 0.770. The van der Waals surface area contributed by atoms with E-state index in [1.807, 2.05) is 0 Å². The van der Waals surface area contributed by atoms with Gasteiger partial charge in [-0.25, -0.2) is 0 Å². The van der Waals surface area contributed by atoms with E-state index in [-0.39, 0.29) is 0 Å². The van der Waals surface area contributed by atoms with E-state index in [2.05, 4.69) is 107 Å². The van der Waals surface area contributed by atoms with E-state index in [0.29, 0.717) is 0 Å². The molecule has 0 radical (unpaired) electrons. The molecular formula is C15H25S6Sb. The third kappa shape index (κ3) is 6.65. The predicted octanol–water partition coefficient (Wildman–Crippen LogP) is 6.75. The Morgan fingerprint density at radius 2 is 1.18 bits per heavy atom. The van der Waals surface area contributed by atoms with Crippen molar-refractivity contribution >= 4 is 66.4 Å². The quantitative estimate of drug-likeness (QED) is 0.183. The third-order valence-corrected chi connectivity index (χ3v) is 75.2. The molecule has 0 amide bonds. The van der Waals surface area contributed by atoms with Crippen LogP contribution in [0, 0.1) is 0 Å². The van der Waals surface area contributed by atoms with E-state index in [1.165, 1.54) is 12.2 Å². The van der Waals surface area contributed by atoms with Crippen molar-refractivity contribution in [3.8, 4) is 0 Å². The summed E-state index contributed by atoms with van der Waals surface area (Å²) in [5.41, 5.74) is 0. The van der Waals surface area contributed by atoms with Gasteiger partial charge in [0.1, 0.15) is 0 Å². The van der Waals surface area contributed by atoms with Crippen molar-refractivity contribution in [2.75, 3.05) is 28.8 Å². The van der Waals surface area contributed by atoms with E-state index >= 15 is 0 Å². The van der Waals surface area contributed by atoms with Crippen LogP contribution in [0.3, 0.4) is 0 Å². The van der Waals surface area contributed by atoms with Crippen molar-refractivity contribution in [2.24, 2.45) is 0 Å². The van der Waals surface area contributed by atoms with Crippen molar-refractivity contribution in [3.05, 3.63) is 50.6 Å². The van der Waals surface area contributed by atoms with Gasteiger partial charge in [0.25, 0.3) is 0 Å². The zero-order chi connectivity index (χ0) is 16.3. The summed E-state index contributed by atoms with van der Waals surface area (Å²) in [4.78, 5) is 0. The first-order valence-corrected chi connectivity index (χ1v) is 28.3. The van der Waals surface area contributed by atoms with Crippen LogP contribution >= 0.6 is 56.0 Å². The molecule has 1 atom stereocenters. The Balaban J connectivity index is 3.11. The molecule has 0 aromatic carbocycles. The molecule has 0 saturated carbocycles. The van der Waals surface area contributed by atoms with Gasteiger partial charge in [0.05, 0.1) is 0 Å². The minimum absolute atomic E-state index is 0.770. The number of rotatable bonds is 14. The zero-order valence-electron chi connectivity index (χ0n) is 12.9. The minimum atomic E-state index is -3.14. The summed E-state index contributed by atoms with van der Waals surface area (Å²) >= 11 is 2.12. The van der Waals surface area contributed by atoms with E-state index < -0.39 is 10.4 Å². The first-order chi connectivity index (χ1) is 10.6. The molecule has 22 heavy (non-hydrogen) atoms. The van der Waals surface area contributed by atoms with E-state index in [1.54, 1.807) is 0 Å². The van der Waals surface area contributed by atoms with Gasteiger partial charge in [0, 0.05) is 0 Å². The fourth-order valence-electron chi connectivity index (χ4n) is 1.53. The number of hydrogen-bond donors (Lipinski definition) is 0. The van der Waals surface area contributed by atoms with Crippen LogP contribution in [0.25, 0.3) is 0 Å².